The second-order valence-electron chi connectivity index (χ2n) is 3.29. The summed E-state index contributed by atoms with van der Waals surface area (Å²) in [6.45, 7) is 0. The largest absolute Gasteiger partial charge is 0.436 e. The molecule has 9 heteroatoms. The first-order valence-electron chi connectivity index (χ1n) is 4.62. The van der Waals surface area contributed by atoms with E-state index >= 15 is 0 Å². The van der Waals surface area contributed by atoms with Crippen molar-refractivity contribution in [2.45, 2.75) is 6.18 Å². The third kappa shape index (κ3) is 2.98. The van der Waals surface area contributed by atoms with Crippen LogP contribution in [0.15, 0.2) is 17.5 Å². The fourth-order valence-corrected chi connectivity index (χ4v) is 1.81. The van der Waals surface area contributed by atoms with E-state index in [0.717, 1.165) is 5.38 Å². The van der Waals surface area contributed by atoms with E-state index in [2.05, 4.69) is 9.72 Å². The molecule has 2 heterocycles. The molecule has 0 bridgehead atoms. The molecule has 102 valence electrons. The Bertz CT molecular complexity index is 609. The predicted octanol–water partition coefficient (Wildman–Crippen LogP) is 4.37. The van der Waals surface area contributed by atoms with Gasteiger partial charge in [0.15, 0.2) is 11.6 Å². The number of halogens is 6. The second kappa shape index (κ2) is 4.72. The molecule has 0 saturated heterocycles. The van der Waals surface area contributed by atoms with Crippen LogP contribution >= 0.6 is 11.3 Å². The third-order valence-corrected chi connectivity index (χ3v) is 2.88. The zero-order valence-corrected chi connectivity index (χ0v) is 9.58. The number of pyridine rings is 1. The monoisotopic (exact) mass is 299 g/mol. The Balaban J connectivity index is 2.27. The highest BCUT2D eigenvalue weighted by molar-refractivity contribution is 7.10. The van der Waals surface area contributed by atoms with Gasteiger partial charge in [-0.25, -0.2) is 8.78 Å². The molecule has 0 unspecified atom stereocenters. The van der Waals surface area contributed by atoms with Crippen LogP contribution in [-0.2, 0) is 6.18 Å². The number of ether oxygens (including phenoxy) is 1. The summed E-state index contributed by atoms with van der Waals surface area (Å²) in [5.74, 6) is -5.76. The zero-order valence-electron chi connectivity index (χ0n) is 8.76. The van der Waals surface area contributed by atoms with E-state index in [1.165, 1.54) is 0 Å². The quantitative estimate of drug-likeness (QED) is 0.607. The summed E-state index contributed by atoms with van der Waals surface area (Å²) in [6, 6.07) is 0.793. The molecule has 0 saturated carbocycles. The molecule has 2 aromatic heterocycles. The van der Waals surface area contributed by atoms with Crippen molar-refractivity contribution >= 4 is 11.3 Å². The number of nitrogens with zero attached hydrogens (tertiary/aromatic N) is 1. The molecule has 0 aliphatic carbocycles. The molecule has 0 amide bonds. The Labute approximate surface area is 106 Å². The molecule has 0 fully saturated rings. The van der Waals surface area contributed by atoms with E-state index in [0.29, 0.717) is 17.4 Å². The first-order valence-corrected chi connectivity index (χ1v) is 5.50. The molecule has 2 aromatic rings. The van der Waals surface area contributed by atoms with Crippen molar-refractivity contribution in [1.82, 2.24) is 4.98 Å². The van der Waals surface area contributed by atoms with Crippen LogP contribution in [0.4, 0.5) is 26.3 Å². The minimum absolute atomic E-state index is 0.189. The average molecular weight is 299 g/mol. The normalized spacial score (nSPS) is 11.7. The topological polar surface area (TPSA) is 22.1 Å². The summed E-state index contributed by atoms with van der Waals surface area (Å²) in [5, 5.41) is 0.950. The lowest BCUT2D eigenvalue weighted by Gasteiger charge is -2.04. The van der Waals surface area contributed by atoms with Gasteiger partial charge in [-0.1, -0.05) is 0 Å². The van der Waals surface area contributed by atoms with E-state index in [4.69, 9.17) is 0 Å². The standard InChI is InChI=1S/C10H3F6NOS/c11-5-2-6(12)9(17-8(5)13)18-4-1-7(19-3-4)10(14,15)16/h1-3H. The molecule has 0 aliphatic rings. The molecule has 0 spiro atoms. The molecule has 2 nitrogen and oxygen atoms in total. The molecule has 2 rings (SSSR count). The van der Waals surface area contributed by atoms with Crippen LogP contribution in [0.2, 0.25) is 0 Å². The van der Waals surface area contributed by atoms with Crippen molar-refractivity contribution in [1.29, 1.82) is 0 Å². The Kier molecular flexibility index (Phi) is 3.40. The highest BCUT2D eigenvalue weighted by atomic mass is 32.1. The van der Waals surface area contributed by atoms with Gasteiger partial charge in [-0.15, -0.1) is 11.3 Å². The number of alkyl halides is 3. The van der Waals surface area contributed by atoms with Gasteiger partial charge in [0.1, 0.15) is 10.6 Å². The number of rotatable bonds is 2. The molecule has 19 heavy (non-hydrogen) atoms. The van der Waals surface area contributed by atoms with Crippen molar-refractivity contribution in [2.75, 3.05) is 0 Å². The van der Waals surface area contributed by atoms with Crippen molar-refractivity contribution in [3.05, 3.63) is 40.0 Å². The number of thiophene rings is 1. The molecule has 0 radical (unpaired) electrons. The molecule has 0 N–H and O–H groups in total. The van der Waals surface area contributed by atoms with Crippen molar-refractivity contribution in [2.24, 2.45) is 0 Å². The Morgan fingerprint density at radius 2 is 1.74 bits per heavy atom. The molecular weight excluding hydrogens is 296 g/mol. The number of hydrogen-bond acceptors (Lipinski definition) is 3. The minimum atomic E-state index is -4.56. The van der Waals surface area contributed by atoms with Crippen LogP contribution in [0.25, 0.3) is 0 Å². The van der Waals surface area contributed by atoms with Gasteiger partial charge in [-0.2, -0.15) is 22.5 Å². The van der Waals surface area contributed by atoms with Crippen LogP contribution < -0.4 is 4.74 Å². The van der Waals surface area contributed by atoms with Gasteiger partial charge in [0, 0.05) is 17.5 Å². The second-order valence-corrected chi connectivity index (χ2v) is 4.21. The summed E-state index contributed by atoms with van der Waals surface area (Å²) in [6.07, 6.45) is -4.56. The van der Waals surface area contributed by atoms with E-state index in [1.807, 2.05) is 0 Å². The Hall–Kier alpha value is -1.77. The minimum Gasteiger partial charge on any atom is -0.436 e. The maximum atomic E-state index is 13.1. The lowest BCUT2D eigenvalue weighted by molar-refractivity contribution is -0.134. The zero-order chi connectivity index (χ0) is 14.2. The maximum Gasteiger partial charge on any atom is 0.425 e. The molecular formula is C10H3F6NOS. The summed E-state index contributed by atoms with van der Waals surface area (Å²) in [4.78, 5) is 1.86. The molecule has 0 atom stereocenters. The van der Waals surface area contributed by atoms with Crippen LogP contribution in [0.1, 0.15) is 4.88 Å². The van der Waals surface area contributed by atoms with Gasteiger partial charge in [0.05, 0.1) is 0 Å². The first kappa shape index (κ1) is 13.7. The van der Waals surface area contributed by atoms with Gasteiger partial charge in [-0.05, 0) is 0 Å². The number of hydrogen-bond donors (Lipinski definition) is 0. The maximum absolute atomic E-state index is 13.1. The van der Waals surface area contributed by atoms with Crippen molar-refractivity contribution < 1.29 is 31.1 Å². The van der Waals surface area contributed by atoms with Crippen LogP contribution in [0, 0.1) is 17.6 Å². The third-order valence-electron chi connectivity index (χ3n) is 1.92. The highest BCUT2D eigenvalue weighted by Gasteiger charge is 2.33. The van der Waals surface area contributed by atoms with E-state index < -0.39 is 34.5 Å². The predicted molar refractivity (Wildman–Crippen MR) is 53.5 cm³/mol. The van der Waals surface area contributed by atoms with Gasteiger partial charge < -0.3 is 4.74 Å². The summed E-state index contributed by atoms with van der Waals surface area (Å²) >= 11 is 0.321. The fraction of sp³-hybridized carbons (Fsp3) is 0.100. The summed E-state index contributed by atoms with van der Waals surface area (Å²) in [5.41, 5.74) is 0. The fourth-order valence-electron chi connectivity index (χ4n) is 1.13. The Morgan fingerprint density at radius 3 is 2.32 bits per heavy atom. The highest BCUT2D eigenvalue weighted by Crippen LogP contribution is 2.37. The van der Waals surface area contributed by atoms with Crippen molar-refractivity contribution in [3.63, 3.8) is 0 Å². The smallest absolute Gasteiger partial charge is 0.425 e. The lowest BCUT2D eigenvalue weighted by atomic mass is 10.4. The molecule has 0 aliphatic heterocycles. The summed E-state index contributed by atoms with van der Waals surface area (Å²) in [7, 11) is 0. The van der Waals surface area contributed by atoms with Gasteiger partial charge in [0.2, 0.25) is 0 Å². The number of aromatic nitrogens is 1. The van der Waals surface area contributed by atoms with Gasteiger partial charge >= 0.3 is 6.18 Å². The average Bonchev–Trinajstić information content (AvgIpc) is 2.74. The van der Waals surface area contributed by atoms with Gasteiger partial charge in [0.25, 0.3) is 11.8 Å². The van der Waals surface area contributed by atoms with Gasteiger partial charge in [-0.3, -0.25) is 0 Å². The summed E-state index contributed by atoms with van der Waals surface area (Å²) < 4.78 is 80.0. The lowest BCUT2D eigenvalue weighted by Crippen LogP contribution is -2.01. The van der Waals surface area contributed by atoms with Crippen molar-refractivity contribution in [3.8, 4) is 11.6 Å². The van der Waals surface area contributed by atoms with Crippen LogP contribution in [0.5, 0.6) is 11.6 Å². The SMILES string of the molecule is Fc1cc(F)c(Oc2csc(C(F)(F)F)c2)nc1F. The van der Waals surface area contributed by atoms with E-state index in [9.17, 15) is 26.3 Å². The molecule has 0 aromatic carbocycles. The van der Waals surface area contributed by atoms with E-state index in [1.54, 1.807) is 0 Å². The van der Waals surface area contributed by atoms with Crippen LogP contribution in [0.3, 0.4) is 0 Å². The first-order chi connectivity index (χ1) is 8.77. The Morgan fingerprint density at radius 1 is 1.05 bits per heavy atom. The van der Waals surface area contributed by atoms with E-state index in [-0.39, 0.29) is 11.8 Å². The van der Waals surface area contributed by atoms with Crippen LogP contribution in [-0.4, -0.2) is 4.98 Å².